The van der Waals surface area contributed by atoms with Gasteiger partial charge in [0.15, 0.2) is 24.1 Å². The lowest BCUT2D eigenvalue weighted by Gasteiger charge is -2.04. The molecule has 4 aromatic heterocycles. The number of rotatable bonds is 6. The van der Waals surface area contributed by atoms with Crippen molar-refractivity contribution in [3.8, 4) is 0 Å². The van der Waals surface area contributed by atoms with Crippen molar-refractivity contribution in [2.45, 2.75) is 0 Å². The fourth-order valence-corrected chi connectivity index (χ4v) is 3.89. The highest BCUT2D eigenvalue weighted by Gasteiger charge is 2.19. The van der Waals surface area contributed by atoms with Gasteiger partial charge in [-0.3, -0.25) is 19.2 Å². The molecule has 2 aromatic carbocycles. The van der Waals surface area contributed by atoms with Crippen LogP contribution in [-0.4, -0.2) is 34.1 Å². The predicted molar refractivity (Wildman–Crippen MR) is 139 cm³/mol. The summed E-state index contributed by atoms with van der Waals surface area (Å²) in [6.45, 7) is 0. The Morgan fingerprint density at radius 2 is 1.00 bits per heavy atom. The summed E-state index contributed by atoms with van der Waals surface area (Å²) in [6.07, 6.45) is 4.01. The highest BCUT2D eigenvalue weighted by atomic mass is 16.3. The maximum Gasteiger partial charge on any atom is 0.230 e. The van der Waals surface area contributed by atoms with E-state index in [1.54, 1.807) is 48.5 Å². The average Bonchev–Trinajstić information content (AvgIpc) is 3.71. The van der Waals surface area contributed by atoms with Crippen LogP contribution in [0.25, 0.3) is 21.8 Å². The number of para-hydroxylation sites is 2. The van der Waals surface area contributed by atoms with E-state index < -0.39 is 0 Å². The van der Waals surface area contributed by atoms with Gasteiger partial charge >= 0.3 is 0 Å². The smallest absolute Gasteiger partial charge is 0.230 e. The van der Waals surface area contributed by atoms with Gasteiger partial charge in [-0.2, -0.15) is 0 Å². The summed E-state index contributed by atoms with van der Waals surface area (Å²) < 4.78 is 10.1. The van der Waals surface area contributed by atoms with Gasteiger partial charge in [-0.1, -0.05) is 36.4 Å². The number of furan rings is 2. The Kier molecular flexibility index (Phi) is 6.77. The number of ketones is 2. The standard InChI is InChI=1S/2C15H9NO3/c2*17-9-13-11(15(18)14-6-3-7-19-14)8-10-4-1-2-5-12(10)16-13/h2*1-9H. The molecule has 0 spiro atoms. The summed E-state index contributed by atoms with van der Waals surface area (Å²) in [7, 11) is 0. The maximum absolute atomic E-state index is 12.2. The third-order valence-electron chi connectivity index (χ3n) is 5.71. The van der Waals surface area contributed by atoms with Gasteiger partial charge in [0, 0.05) is 10.8 Å². The number of nitrogens with zero attached hydrogens (tertiary/aromatic N) is 2. The third kappa shape index (κ3) is 4.78. The lowest BCUT2D eigenvalue weighted by molar-refractivity contribution is 0.0997. The second-order valence-electron chi connectivity index (χ2n) is 8.08. The van der Waals surface area contributed by atoms with Gasteiger partial charge in [0.25, 0.3) is 0 Å². The van der Waals surface area contributed by atoms with Gasteiger partial charge in [0.1, 0.15) is 11.4 Å². The minimum absolute atomic E-state index is 0.125. The molecular formula is C30H18N2O6. The van der Waals surface area contributed by atoms with Crippen molar-refractivity contribution in [3.63, 3.8) is 0 Å². The molecule has 38 heavy (non-hydrogen) atoms. The van der Waals surface area contributed by atoms with Crippen molar-refractivity contribution in [1.29, 1.82) is 0 Å². The summed E-state index contributed by atoms with van der Waals surface area (Å²) in [5, 5.41) is 1.62. The normalized spacial score (nSPS) is 10.5. The van der Waals surface area contributed by atoms with E-state index in [-0.39, 0.29) is 45.6 Å². The monoisotopic (exact) mass is 502 g/mol. The van der Waals surface area contributed by atoms with E-state index in [4.69, 9.17) is 8.83 Å². The molecule has 8 heteroatoms. The van der Waals surface area contributed by atoms with Crippen molar-refractivity contribution in [1.82, 2.24) is 9.97 Å². The van der Waals surface area contributed by atoms with Crippen LogP contribution in [0.3, 0.4) is 0 Å². The van der Waals surface area contributed by atoms with Crippen LogP contribution in [-0.2, 0) is 0 Å². The Balaban J connectivity index is 0.000000155. The minimum atomic E-state index is -0.342. The summed E-state index contributed by atoms with van der Waals surface area (Å²) in [5.74, 6) is -0.295. The number of carbonyl (C=O) groups excluding carboxylic acids is 4. The topological polar surface area (TPSA) is 120 Å². The zero-order chi connectivity index (χ0) is 26.5. The average molecular weight is 502 g/mol. The van der Waals surface area contributed by atoms with Crippen LogP contribution in [0.2, 0.25) is 0 Å². The Morgan fingerprint density at radius 3 is 1.37 bits per heavy atom. The van der Waals surface area contributed by atoms with Crippen LogP contribution in [0.1, 0.15) is 53.2 Å². The van der Waals surface area contributed by atoms with Crippen LogP contribution in [0.4, 0.5) is 0 Å². The number of fused-ring (bicyclic) bond motifs is 2. The molecule has 0 N–H and O–H groups in total. The van der Waals surface area contributed by atoms with E-state index in [1.165, 1.54) is 12.5 Å². The van der Waals surface area contributed by atoms with E-state index in [1.807, 2.05) is 36.4 Å². The molecule has 0 fully saturated rings. The second kappa shape index (κ2) is 10.6. The van der Waals surface area contributed by atoms with E-state index in [0.29, 0.717) is 23.6 Å². The molecule has 0 bridgehead atoms. The van der Waals surface area contributed by atoms with Crippen LogP contribution < -0.4 is 0 Å². The van der Waals surface area contributed by atoms with Crippen LogP contribution in [0.5, 0.6) is 0 Å². The van der Waals surface area contributed by atoms with Gasteiger partial charge < -0.3 is 8.83 Å². The first-order chi connectivity index (χ1) is 18.6. The molecule has 0 unspecified atom stereocenters. The van der Waals surface area contributed by atoms with Crippen LogP contribution in [0, 0.1) is 0 Å². The zero-order valence-corrected chi connectivity index (χ0v) is 19.7. The number of carbonyl (C=O) groups is 4. The molecule has 0 aliphatic rings. The fraction of sp³-hybridized carbons (Fsp3) is 0. The van der Waals surface area contributed by atoms with E-state index in [2.05, 4.69) is 9.97 Å². The highest BCUT2D eigenvalue weighted by Crippen LogP contribution is 2.20. The van der Waals surface area contributed by atoms with Crippen LogP contribution in [0.15, 0.2) is 106 Å². The number of benzene rings is 2. The highest BCUT2D eigenvalue weighted by molar-refractivity contribution is 6.13. The van der Waals surface area contributed by atoms with Crippen LogP contribution >= 0.6 is 0 Å². The first-order valence-electron chi connectivity index (χ1n) is 11.5. The number of hydrogen-bond acceptors (Lipinski definition) is 8. The lowest BCUT2D eigenvalue weighted by atomic mass is 10.0. The largest absolute Gasteiger partial charge is 0.461 e. The summed E-state index contributed by atoms with van der Waals surface area (Å²) in [4.78, 5) is 55.1. The minimum Gasteiger partial charge on any atom is -0.461 e. The van der Waals surface area contributed by atoms with Gasteiger partial charge in [0.2, 0.25) is 11.6 Å². The number of hydrogen-bond donors (Lipinski definition) is 0. The first-order valence-corrected chi connectivity index (χ1v) is 11.5. The molecule has 6 rings (SSSR count). The summed E-state index contributed by atoms with van der Waals surface area (Å²) in [5.41, 5.74) is 2.12. The molecule has 184 valence electrons. The van der Waals surface area contributed by atoms with Crippen molar-refractivity contribution in [2.24, 2.45) is 0 Å². The Labute approximate surface area is 215 Å². The molecule has 0 saturated heterocycles. The number of aromatic nitrogens is 2. The molecule has 0 saturated carbocycles. The van der Waals surface area contributed by atoms with Crippen molar-refractivity contribution < 1.29 is 28.0 Å². The van der Waals surface area contributed by atoms with Crippen molar-refractivity contribution in [2.75, 3.05) is 0 Å². The second-order valence-corrected chi connectivity index (χ2v) is 8.08. The zero-order valence-electron chi connectivity index (χ0n) is 19.7. The Bertz CT molecular complexity index is 1650. The Hall–Kier alpha value is -5.50. The predicted octanol–water partition coefficient (Wildman–Crippen LogP) is 5.74. The fourth-order valence-electron chi connectivity index (χ4n) is 3.89. The molecule has 0 radical (unpaired) electrons. The maximum atomic E-state index is 12.2. The number of pyridine rings is 2. The SMILES string of the molecule is O=Cc1nc2ccccc2cc1C(=O)c1ccco1.O=Cc1nc2ccccc2cc1C(=O)c1ccco1. The van der Waals surface area contributed by atoms with E-state index in [0.717, 1.165) is 10.8 Å². The van der Waals surface area contributed by atoms with E-state index in [9.17, 15) is 19.2 Å². The van der Waals surface area contributed by atoms with Crippen molar-refractivity contribution >= 4 is 45.9 Å². The van der Waals surface area contributed by atoms with Gasteiger partial charge in [-0.25, -0.2) is 9.97 Å². The molecule has 0 aliphatic heterocycles. The lowest BCUT2D eigenvalue weighted by Crippen LogP contribution is -2.06. The van der Waals surface area contributed by atoms with Gasteiger partial charge in [0.05, 0.1) is 34.7 Å². The third-order valence-corrected chi connectivity index (χ3v) is 5.71. The molecular weight excluding hydrogens is 484 g/mol. The van der Waals surface area contributed by atoms with E-state index >= 15 is 0 Å². The molecule has 0 amide bonds. The quantitative estimate of drug-likeness (QED) is 0.209. The summed E-state index contributed by atoms with van der Waals surface area (Å²) in [6, 6.07) is 24.3. The number of aldehydes is 2. The summed E-state index contributed by atoms with van der Waals surface area (Å²) >= 11 is 0. The molecule has 0 atom stereocenters. The van der Waals surface area contributed by atoms with Crippen molar-refractivity contribution in [3.05, 3.63) is 131 Å². The Morgan fingerprint density at radius 1 is 0.579 bits per heavy atom. The first kappa shape index (κ1) is 24.2. The molecule has 0 aliphatic carbocycles. The van der Waals surface area contributed by atoms with Gasteiger partial charge in [-0.05, 0) is 48.5 Å². The molecule has 4 heterocycles. The van der Waals surface area contributed by atoms with Gasteiger partial charge in [-0.15, -0.1) is 0 Å². The molecule has 8 nitrogen and oxygen atoms in total. The molecule has 6 aromatic rings.